The summed E-state index contributed by atoms with van der Waals surface area (Å²) in [4.78, 5) is 14.5. The SMILES string of the molecule is CCCNc1ccc(C)cc1C(=O)NC(C)CN(C)C. The van der Waals surface area contributed by atoms with Gasteiger partial charge in [-0.3, -0.25) is 4.79 Å². The van der Waals surface area contributed by atoms with Gasteiger partial charge in [0.05, 0.1) is 5.56 Å². The van der Waals surface area contributed by atoms with Crippen molar-refractivity contribution in [1.82, 2.24) is 10.2 Å². The number of carbonyl (C=O) groups is 1. The lowest BCUT2D eigenvalue weighted by molar-refractivity contribution is 0.0935. The molecule has 0 spiro atoms. The number of hydrogen-bond acceptors (Lipinski definition) is 3. The van der Waals surface area contributed by atoms with E-state index in [0.717, 1.165) is 36.3 Å². The normalized spacial score (nSPS) is 12.3. The Balaban J connectivity index is 2.82. The first-order valence-corrected chi connectivity index (χ1v) is 7.24. The number of likely N-dealkylation sites (N-methyl/N-ethyl adjacent to an activating group) is 1. The number of amides is 1. The van der Waals surface area contributed by atoms with Gasteiger partial charge in [-0.1, -0.05) is 18.6 Å². The second-order valence-electron chi connectivity index (χ2n) is 5.61. The van der Waals surface area contributed by atoms with Gasteiger partial charge in [0.1, 0.15) is 0 Å². The van der Waals surface area contributed by atoms with E-state index in [0.29, 0.717) is 0 Å². The van der Waals surface area contributed by atoms with Crippen LogP contribution in [0, 0.1) is 6.92 Å². The van der Waals surface area contributed by atoms with Gasteiger partial charge in [-0.25, -0.2) is 0 Å². The molecule has 0 aromatic heterocycles. The van der Waals surface area contributed by atoms with Crippen molar-refractivity contribution in [3.05, 3.63) is 29.3 Å². The fourth-order valence-electron chi connectivity index (χ4n) is 2.15. The van der Waals surface area contributed by atoms with Crippen molar-refractivity contribution in [2.24, 2.45) is 0 Å². The zero-order valence-electron chi connectivity index (χ0n) is 13.3. The topological polar surface area (TPSA) is 44.4 Å². The van der Waals surface area contributed by atoms with Gasteiger partial charge in [0.25, 0.3) is 5.91 Å². The van der Waals surface area contributed by atoms with E-state index in [9.17, 15) is 4.79 Å². The Bertz CT molecular complexity index is 443. The quantitative estimate of drug-likeness (QED) is 0.805. The minimum absolute atomic E-state index is 0.0124. The smallest absolute Gasteiger partial charge is 0.253 e. The molecule has 4 heteroatoms. The van der Waals surface area contributed by atoms with Crippen LogP contribution in [0.15, 0.2) is 18.2 Å². The first kappa shape index (κ1) is 16.5. The van der Waals surface area contributed by atoms with Gasteiger partial charge in [-0.2, -0.15) is 0 Å². The van der Waals surface area contributed by atoms with Gasteiger partial charge in [0, 0.05) is 24.8 Å². The average Bonchev–Trinajstić information content (AvgIpc) is 2.36. The Morgan fingerprint density at radius 3 is 2.65 bits per heavy atom. The number of hydrogen-bond donors (Lipinski definition) is 2. The summed E-state index contributed by atoms with van der Waals surface area (Å²) in [5.74, 6) is -0.0124. The Hall–Kier alpha value is -1.55. The molecule has 1 amide bonds. The van der Waals surface area contributed by atoms with E-state index in [2.05, 4.69) is 22.5 Å². The summed E-state index contributed by atoms with van der Waals surface area (Å²) in [6, 6.07) is 6.07. The highest BCUT2D eigenvalue weighted by Crippen LogP contribution is 2.17. The maximum absolute atomic E-state index is 12.4. The van der Waals surface area contributed by atoms with Gasteiger partial charge in [-0.15, -0.1) is 0 Å². The van der Waals surface area contributed by atoms with Crippen LogP contribution < -0.4 is 10.6 Å². The summed E-state index contributed by atoms with van der Waals surface area (Å²) in [7, 11) is 4.01. The zero-order valence-corrected chi connectivity index (χ0v) is 13.3. The maximum atomic E-state index is 12.4. The lowest BCUT2D eigenvalue weighted by Gasteiger charge is -2.19. The highest BCUT2D eigenvalue weighted by Gasteiger charge is 2.14. The van der Waals surface area contributed by atoms with Gasteiger partial charge < -0.3 is 15.5 Å². The third-order valence-electron chi connectivity index (χ3n) is 3.00. The van der Waals surface area contributed by atoms with Gasteiger partial charge in [0.2, 0.25) is 0 Å². The Morgan fingerprint density at radius 1 is 1.35 bits per heavy atom. The van der Waals surface area contributed by atoms with E-state index in [-0.39, 0.29) is 11.9 Å². The lowest BCUT2D eigenvalue weighted by Crippen LogP contribution is -2.39. The standard InChI is InChI=1S/C16H27N3O/c1-6-9-17-15-8-7-12(2)10-14(15)16(20)18-13(3)11-19(4)5/h7-8,10,13,17H,6,9,11H2,1-5H3,(H,18,20). The Morgan fingerprint density at radius 2 is 2.05 bits per heavy atom. The molecule has 0 aliphatic rings. The molecular formula is C16H27N3O. The van der Waals surface area contributed by atoms with Gasteiger partial charge in [-0.05, 0) is 46.5 Å². The minimum Gasteiger partial charge on any atom is -0.384 e. The summed E-state index contributed by atoms with van der Waals surface area (Å²) >= 11 is 0. The molecule has 0 heterocycles. The summed E-state index contributed by atoms with van der Waals surface area (Å²) in [5, 5.41) is 6.36. The lowest BCUT2D eigenvalue weighted by atomic mass is 10.1. The monoisotopic (exact) mass is 277 g/mol. The minimum atomic E-state index is -0.0124. The third-order valence-corrected chi connectivity index (χ3v) is 3.00. The number of anilines is 1. The predicted molar refractivity (Wildman–Crippen MR) is 85.4 cm³/mol. The number of aryl methyl sites for hydroxylation is 1. The first-order valence-electron chi connectivity index (χ1n) is 7.24. The average molecular weight is 277 g/mol. The summed E-state index contributed by atoms with van der Waals surface area (Å²) in [6.45, 7) is 7.84. The fourth-order valence-corrected chi connectivity index (χ4v) is 2.15. The largest absolute Gasteiger partial charge is 0.384 e. The van der Waals surface area contributed by atoms with Crippen molar-refractivity contribution in [2.45, 2.75) is 33.2 Å². The van der Waals surface area contributed by atoms with Crippen molar-refractivity contribution in [2.75, 3.05) is 32.5 Å². The third kappa shape index (κ3) is 5.21. The van der Waals surface area contributed by atoms with E-state index < -0.39 is 0 Å². The zero-order chi connectivity index (χ0) is 15.1. The van der Waals surface area contributed by atoms with Gasteiger partial charge in [0.15, 0.2) is 0 Å². The van der Waals surface area contributed by atoms with Crippen LogP contribution in [0.3, 0.4) is 0 Å². The van der Waals surface area contributed by atoms with Crippen molar-refractivity contribution < 1.29 is 4.79 Å². The van der Waals surface area contributed by atoms with Crippen LogP contribution >= 0.6 is 0 Å². The molecule has 4 nitrogen and oxygen atoms in total. The summed E-state index contributed by atoms with van der Waals surface area (Å²) < 4.78 is 0. The molecule has 1 aromatic carbocycles. The fraction of sp³-hybridized carbons (Fsp3) is 0.562. The predicted octanol–water partition coefficient (Wildman–Crippen LogP) is 2.50. The highest BCUT2D eigenvalue weighted by atomic mass is 16.1. The van der Waals surface area contributed by atoms with E-state index >= 15 is 0 Å². The van der Waals surface area contributed by atoms with Crippen molar-refractivity contribution >= 4 is 11.6 Å². The summed E-state index contributed by atoms with van der Waals surface area (Å²) in [6.07, 6.45) is 1.03. The van der Waals surface area contributed by atoms with Crippen LogP contribution in [0.1, 0.15) is 36.2 Å². The second-order valence-corrected chi connectivity index (χ2v) is 5.61. The molecule has 1 unspecified atom stereocenters. The van der Waals surface area contributed by atoms with Crippen molar-refractivity contribution in [3.63, 3.8) is 0 Å². The van der Waals surface area contributed by atoms with Crippen LogP contribution in [0.2, 0.25) is 0 Å². The highest BCUT2D eigenvalue weighted by molar-refractivity contribution is 6.00. The van der Waals surface area contributed by atoms with Crippen LogP contribution in [0.25, 0.3) is 0 Å². The molecule has 1 rings (SSSR count). The molecule has 0 saturated heterocycles. The Labute approximate surface area is 122 Å². The second kappa shape index (κ2) is 7.90. The molecule has 0 aliphatic heterocycles. The Kier molecular flexibility index (Phi) is 6.52. The number of nitrogens with one attached hydrogen (secondary N) is 2. The van der Waals surface area contributed by atoms with Crippen LogP contribution in [-0.2, 0) is 0 Å². The molecule has 0 fully saturated rings. The molecule has 1 atom stereocenters. The van der Waals surface area contributed by atoms with Gasteiger partial charge >= 0.3 is 0 Å². The van der Waals surface area contributed by atoms with E-state index in [4.69, 9.17) is 0 Å². The molecule has 0 radical (unpaired) electrons. The number of carbonyl (C=O) groups excluding carboxylic acids is 1. The molecule has 20 heavy (non-hydrogen) atoms. The molecule has 112 valence electrons. The number of rotatable bonds is 7. The molecule has 0 aliphatic carbocycles. The molecule has 1 aromatic rings. The molecule has 2 N–H and O–H groups in total. The summed E-state index contributed by atoms with van der Waals surface area (Å²) in [5.41, 5.74) is 2.73. The van der Waals surface area contributed by atoms with Crippen LogP contribution in [0.4, 0.5) is 5.69 Å². The van der Waals surface area contributed by atoms with Crippen LogP contribution in [0.5, 0.6) is 0 Å². The molecule has 0 bridgehead atoms. The van der Waals surface area contributed by atoms with E-state index in [1.807, 2.05) is 46.1 Å². The van der Waals surface area contributed by atoms with E-state index in [1.165, 1.54) is 0 Å². The van der Waals surface area contributed by atoms with Crippen molar-refractivity contribution in [3.8, 4) is 0 Å². The molecule has 0 saturated carbocycles. The maximum Gasteiger partial charge on any atom is 0.253 e. The number of nitrogens with zero attached hydrogens (tertiary/aromatic N) is 1. The first-order chi connectivity index (χ1) is 9.43. The number of benzene rings is 1. The molecular weight excluding hydrogens is 250 g/mol. The van der Waals surface area contributed by atoms with Crippen molar-refractivity contribution in [1.29, 1.82) is 0 Å². The van der Waals surface area contributed by atoms with Crippen LogP contribution in [-0.4, -0.2) is 44.0 Å². The van der Waals surface area contributed by atoms with E-state index in [1.54, 1.807) is 0 Å².